The third kappa shape index (κ3) is 3.48. The lowest BCUT2D eigenvalue weighted by atomic mass is 9.97. The summed E-state index contributed by atoms with van der Waals surface area (Å²) in [5.41, 5.74) is 13.2. The first kappa shape index (κ1) is 18.1. The van der Waals surface area contributed by atoms with Crippen molar-refractivity contribution < 1.29 is 4.79 Å². The van der Waals surface area contributed by atoms with Crippen molar-refractivity contribution in [2.75, 3.05) is 11.1 Å². The molecule has 0 unspecified atom stereocenters. The van der Waals surface area contributed by atoms with E-state index in [1.54, 1.807) is 0 Å². The highest BCUT2D eigenvalue weighted by atomic mass is 32.1. The molecule has 1 heterocycles. The zero-order valence-electron chi connectivity index (χ0n) is 15.7. The minimum atomic E-state index is -0.0744. The minimum Gasteiger partial charge on any atom is -0.382 e. The number of anilines is 3. The van der Waals surface area contributed by atoms with Crippen molar-refractivity contribution in [2.24, 2.45) is 0 Å². The number of nitrogens with zero attached hydrogens (tertiary/aromatic N) is 1. The number of nitrogen functional groups attached to an aromatic ring is 1. The van der Waals surface area contributed by atoms with E-state index in [1.807, 2.05) is 46.8 Å². The van der Waals surface area contributed by atoms with Gasteiger partial charge >= 0.3 is 0 Å². The molecule has 2 aromatic carbocycles. The predicted molar refractivity (Wildman–Crippen MR) is 110 cm³/mol. The van der Waals surface area contributed by atoms with Gasteiger partial charge in [-0.1, -0.05) is 29.5 Å². The summed E-state index contributed by atoms with van der Waals surface area (Å²) in [7, 11) is 0. The number of benzene rings is 2. The molecule has 134 valence electrons. The second-order valence-corrected chi connectivity index (χ2v) is 7.76. The van der Waals surface area contributed by atoms with Crippen LogP contribution in [0, 0.1) is 34.6 Å². The number of hydrogen-bond acceptors (Lipinski definition) is 5. The molecule has 4 nitrogen and oxygen atoms in total. The maximum Gasteiger partial charge on any atom is 0.207 e. The molecule has 1 aromatic heterocycles. The number of carbonyl (C=O) groups excluding carboxylic acids is 1. The van der Waals surface area contributed by atoms with Crippen LogP contribution in [0.1, 0.15) is 43.1 Å². The normalized spacial score (nSPS) is 10.8. The van der Waals surface area contributed by atoms with E-state index in [9.17, 15) is 4.79 Å². The van der Waals surface area contributed by atoms with E-state index in [1.165, 1.54) is 16.9 Å². The Morgan fingerprint density at radius 1 is 0.962 bits per heavy atom. The minimum absolute atomic E-state index is 0.0744. The Kier molecular flexibility index (Phi) is 4.83. The average Bonchev–Trinajstić information content (AvgIpc) is 2.94. The largest absolute Gasteiger partial charge is 0.382 e. The topological polar surface area (TPSA) is 68.0 Å². The van der Waals surface area contributed by atoms with Gasteiger partial charge in [0.2, 0.25) is 5.78 Å². The number of aromatic nitrogens is 1. The third-order valence-electron chi connectivity index (χ3n) is 4.58. The zero-order valence-corrected chi connectivity index (χ0v) is 16.5. The summed E-state index contributed by atoms with van der Waals surface area (Å²) >= 11 is 1.29. The van der Waals surface area contributed by atoms with Gasteiger partial charge in [0.25, 0.3) is 0 Å². The second kappa shape index (κ2) is 6.92. The second-order valence-electron chi connectivity index (χ2n) is 6.76. The first-order chi connectivity index (χ1) is 12.3. The fraction of sp³-hybridized carbons (Fsp3) is 0.238. The average molecular weight is 366 g/mol. The molecule has 0 atom stereocenters. The van der Waals surface area contributed by atoms with E-state index in [4.69, 9.17) is 5.73 Å². The van der Waals surface area contributed by atoms with Gasteiger partial charge in [-0.15, -0.1) is 0 Å². The Balaban J connectivity index is 1.94. The van der Waals surface area contributed by atoms with Gasteiger partial charge < -0.3 is 11.1 Å². The summed E-state index contributed by atoms with van der Waals surface area (Å²) in [6.45, 7) is 10.1. The number of nitrogens with two attached hydrogens (primary N) is 1. The van der Waals surface area contributed by atoms with Crippen LogP contribution in [-0.2, 0) is 0 Å². The highest BCUT2D eigenvalue weighted by Crippen LogP contribution is 2.32. The summed E-state index contributed by atoms with van der Waals surface area (Å²) in [5, 5.41) is 3.92. The number of nitrogens with one attached hydrogen (secondary N) is 1. The number of rotatable bonds is 4. The van der Waals surface area contributed by atoms with Crippen molar-refractivity contribution in [3.05, 3.63) is 68.6 Å². The van der Waals surface area contributed by atoms with Crippen molar-refractivity contribution in [3.8, 4) is 0 Å². The van der Waals surface area contributed by atoms with Crippen molar-refractivity contribution in [1.82, 2.24) is 4.98 Å². The maximum absolute atomic E-state index is 13.0. The van der Waals surface area contributed by atoms with Gasteiger partial charge in [0, 0.05) is 11.3 Å². The van der Waals surface area contributed by atoms with Crippen LogP contribution in [0.25, 0.3) is 0 Å². The van der Waals surface area contributed by atoms with Crippen LogP contribution < -0.4 is 11.1 Å². The first-order valence-corrected chi connectivity index (χ1v) is 9.31. The number of aryl methyl sites for hydroxylation is 5. The Morgan fingerprint density at radius 2 is 1.65 bits per heavy atom. The number of ketones is 1. The summed E-state index contributed by atoms with van der Waals surface area (Å²) in [6.07, 6.45) is 0. The van der Waals surface area contributed by atoms with Gasteiger partial charge in [-0.2, -0.15) is 0 Å². The van der Waals surface area contributed by atoms with E-state index in [2.05, 4.69) is 28.5 Å². The lowest BCUT2D eigenvalue weighted by molar-refractivity contribution is 0.104. The molecule has 0 bridgehead atoms. The van der Waals surface area contributed by atoms with Crippen LogP contribution in [-0.4, -0.2) is 10.8 Å². The van der Waals surface area contributed by atoms with E-state index in [0.29, 0.717) is 15.6 Å². The van der Waals surface area contributed by atoms with Crippen LogP contribution in [0.4, 0.5) is 16.6 Å². The molecule has 0 saturated heterocycles. The van der Waals surface area contributed by atoms with Crippen LogP contribution in [0.5, 0.6) is 0 Å². The molecule has 0 aliphatic rings. The lowest BCUT2D eigenvalue weighted by Gasteiger charge is -2.08. The number of thiazole rings is 1. The summed E-state index contributed by atoms with van der Waals surface area (Å²) in [6, 6.07) is 10.1. The Bertz CT molecular complexity index is 1000. The summed E-state index contributed by atoms with van der Waals surface area (Å²) in [4.78, 5) is 17.8. The van der Waals surface area contributed by atoms with Crippen LogP contribution in [0.3, 0.4) is 0 Å². The third-order valence-corrected chi connectivity index (χ3v) is 5.56. The van der Waals surface area contributed by atoms with Crippen LogP contribution in [0.15, 0.2) is 30.3 Å². The van der Waals surface area contributed by atoms with Crippen molar-refractivity contribution >= 4 is 33.8 Å². The predicted octanol–water partition coefficient (Wildman–Crippen LogP) is 5.24. The molecule has 3 rings (SSSR count). The summed E-state index contributed by atoms with van der Waals surface area (Å²) in [5.74, 6) is 0.194. The molecule has 0 amide bonds. The SMILES string of the molecule is Cc1ccc(C)c(Nc2nc(N)c(C(=O)c3cc(C)c(C)cc3C)s2)c1. The molecule has 0 saturated carbocycles. The van der Waals surface area contributed by atoms with Gasteiger partial charge in [-0.05, 0) is 74.6 Å². The Hall–Kier alpha value is -2.66. The quantitative estimate of drug-likeness (QED) is 0.620. The van der Waals surface area contributed by atoms with Crippen LogP contribution >= 0.6 is 11.3 Å². The standard InChI is InChI=1S/C21H23N3OS/c1-11-6-7-12(2)17(8-11)23-21-24-20(22)19(26-21)18(25)16-10-14(4)13(3)9-15(16)5/h6-10H,22H2,1-5H3,(H,23,24). The molecule has 0 radical (unpaired) electrons. The first-order valence-electron chi connectivity index (χ1n) is 8.49. The van der Waals surface area contributed by atoms with E-state index in [-0.39, 0.29) is 11.6 Å². The monoisotopic (exact) mass is 365 g/mol. The Labute approximate surface area is 158 Å². The van der Waals surface area contributed by atoms with Gasteiger partial charge in [0.05, 0.1) is 0 Å². The molecular weight excluding hydrogens is 342 g/mol. The molecule has 5 heteroatoms. The van der Waals surface area contributed by atoms with Crippen LogP contribution in [0.2, 0.25) is 0 Å². The zero-order chi connectivity index (χ0) is 19.0. The molecule has 0 aliphatic heterocycles. The molecule has 0 aliphatic carbocycles. The van der Waals surface area contributed by atoms with Gasteiger partial charge in [-0.25, -0.2) is 4.98 Å². The molecule has 3 N–H and O–H groups in total. The molecule has 0 spiro atoms. The summed E-state index contributed by atoms with van der Waals surface area (Å²) < 4.78 is 0. The highest BCUT2D eigenvalue weighted by molar-refractivity contribution is 7.18. The molecule has 26 heavy (non-hydrogen) atoms. The van der Waals surface area contributed by atoms with E-state index in [0.717, 1.165) is 27.9 Å². The molecule has 0 fully saturated rings. The van der Waals surface area contributed by atoms with E-state index >= 15 is 0 Å². The van der Waals surface area contributed by atoms with E-state index < -0.39 is 0 Å². The molecule has 3 aromatic rings. The van der Waals surface area contributed by atoms with Gasteiger partial charge in [-0.3, -0.25) is 4.79 Å². The Morgan fingerprint density at radius 3 is 2.38 bits per heavy atom. The highest BCUT2D eigenvalue weighted by Gasteiger charge is 2.20. The smallest absolute Gasteiger partial charge is 0.207 e. The van der Waals surface area contributed by atoms with Crippen molar-refractivity contribution in [1.29, 1.82) is 0 Å². The fourth-order valence-corrected chi connectivity index (χ4v) is 3.71. The van der Waals surface area contributed by atoms with Gasteiger partial charge in [0.1, 0.15) is 10.7 Å². The number of hydrogen-bond donors (Lipinski definition) is 2. The van der Waals surface area contributed by atoms with Crippen molar-refractivity contribution in [3.63, 3.8) is 0 Å². The lowest BCUT2D eigenvalue weighted by Crippen LogP contribution is -2.05. The van der Waals surface area contributed by atoms with Gasteiger partial charge in [0.15, 0.2) is 5.13 Å². The van der Waals surface area contributed by atoms with Crippen molar-refractivity contribution in [2.45, 2.75) is 34.6 Å². The maximum atomic E-state index is 13.0. The number of carbonyl (C=O) groups is 1. The molecular formula is C21H23N3OS. The fourth-order valence-electron chi connectivity index (χ4n) is 2.86.